The van der Waals surface area contributed by atoms with Gasteiger partial charge < -0.3 is 15.5 Å². The van der Waals surface area contributed by atoms with Crippen molar-refractivity contribution in [2.45, 2.75) is 19.5 Å². The summed E-state index contributed by atoms with van der Waals surface area (Å²) >= 11 is 0. The van der Waals surface area contributed by atoms with Gasteiger partial charge in [0.1, 0.15) is 5.82 Å². The Kier molecular flexibility index (Phi) is 9.53. The van der Waals surface area contributed by atoms with Gasteiger partial charge in [-0.1, -0.05) is 12.1 Å². The molecular formula is C17H29FIN5. The molecule has 1 aliphatic rings. The monoisotopic (exact) mass is 449 g/mol. The van der Waals surface area contributed by atoms with E-state index in [2.05, 4.69) is 39.4 Å². The molecule has 2 rings (SSSR count). The molecule has 2 N–H and O–H groups in total. The standard InChI is InChI=1S/C17H28FN5.HI/c1-14(23-9-7-22(3)8-10-23)12-20-17(19-2)21-13-15-5-4-6-16(18)11-15;/h4-6,11,14H,7-10,12-13H2,1-3H3,(H2,19,20,21);1H. The van der Waals surface area contributed by atoms with Crippen molar-refractivity contribution in [2.75, 3.05) is 46.8 Å². The van der Waals surface area contributed by atoms with Crippen LogP contribution in [0.25, 0.3) is 0 Å². The topological polar surface area (TPSA) is 42.9 Å². The first kappa shape index (κ1) is 21.1. The molecule has 24 heavy (non-hydrogen) atoms. The van der Waals surface area contributed by atoms with Gasteiger partial charge in [-0.3, -0.25) is 9.89 Å². The number of nitrogens with zero attached hydrogens (tertiary/aromatic N) is 3. The first-order valence-corrected chi connectivity index (χ1v) is 8.20. The minimum atomic E-state index is -0.212. The first-order chi connectivity index (χ1) is 11.1. The van der Waals surface area contributed by atoms with Gasteiger partial charge in [0.2, 0.25) is 0 Å². The van der Waals surface area contributed by atoms with E-state index in [1.165, 1.54) is 12.1 Å². The molecule has 0 bridgehead atoms. The molecule has 7 heteroatoms. The molecule has 0 radical (unpaired) electrons. The van der Waals surface area contributed by atoms with Crippen LogP contribution in [0, 0.1) is 5.82 Å². The predicted molar refractivity (Wildman–Crippen MR) is 109 cm³/mol. The normalized spacial score (nSPS) is 17.9. The lowest BCUT2D eigenvalue weighted by atomic mass is 10.2. The summed E-state index contributed by atoms with van der Waals surface area (Å²) in [6, 6.07) is 7.06. The summed E-state index contributed by atoms with van der Waals surface area (Å²) in [5.74, 6) is 0.533. The van der Waals surface area contributed by atoms with Crippen LogP contribution in [0.2, 0.25) is 0 Å². The number of guanidine groups is 1. The van der Waals surface area contributed by atoms with Crippen molar-refractivity contribution in [1.29, 1.82) is 0 Å². The highest BCUT2D eigenvalue weighted by Gasteiger charge is 2.18. The van der Waals surface area contributed by atoms with Crippen LogP contribution in [0.3, 0.4) is 0 Å². The fourth-order valence-corrected chi connectivity index (χ4v) is 2.69. The third kappa shape index (κ3) is 6.90. The Morgan fingerprint density at radius 2 is 1.96 bits per heavy atom. The van der Waals surface area contributed by atoms with Gasteiger partial charge in [0.05, 0.1) is 0 Å². The van der Waals surface area contributed by atoms with Crippen molar-refractivity contribution in [3.05, 3.63) is 35.6 Å². The van der Waals surface area contributed by atoms with Crippen LogP contribution in [0.15, 0.2) is 29.3 Å². The molecule has 136 valence electrons. The fraction of sp³-hybridized carbons (Fsp3) is 0.588. The maximum absolute atomic E-state index is 13.2. The molecule has 0 aromatic heterocycles. The molecule has 1 aliphatic heterocycles. The maximum Gasteiger partial charge on any atom is 0.191 e. The summed E-state index contributed by atoms with van der Waals surface area (Å²) in [5, 5.41) is 6.58. The summed E-state index contributed by atoms with van der Waals surface area (Å²) in [6.07, 6.45) is 0. The van der Waals surface area contributed by atoms with Gasteiger partial charge in [-0.25, -0.2) is 4.39 Å². The molecule has 1 aromatic carbocycles. The van der Waals surface area contributed by atoms with Gasteiger partial charge in [0.15, 0.2) is 5.96 Å². The first-order valence-electron chi connectivity index (χ1n) is 8.20. The number of hydrogen-bond donors (Lipinski definition) is 2. The molecule has 1 saturated heterocycles. The number of hydrogen-bond acceptors (Lipinski definition) is 3. The number of halogens is 2. The number of nitrogens with one attached hydrogen (secondary N) is 2. The van der Waals surface area contributed by atoms with E-state index in [0.29, 0.717) is 12.6 Å². The van der Waals surface area contributed by atoms with Crippen molar-refractivity contribution in [1.82, 2.24) is 20.4 Å². The maximum atomic E-state index is 13.2. The average molecular weight is 449 g/mol. The Balaban J connectivity index is 0.00000288. The Bertz CT molecular complexity index is 517. The molecule has 1 aromatic rings. The zero-order valence-corrected chi connectivity index (χ0v) is 17.1. The number of piperazine rings is 1. The fourth-order valence-electron chi connectivity index (χ4n) is 2.69. The van der Waals surface area contributed by atoms with Gasteiger partial charge in [-0.15, -0.1) is 24.0 Å². The van der Waals surface area contributed by atoms with Gasteiger partial charge >= 0.3 is 0 Å². The smallest absolute Gasteiger partial charge is 0.191 e. The Morgan fingerprint density at radius 1 is 1.25 bits per heavy atom. The van der Waals surface area contributed by atoms with Crippen molar-refractivity contribution >= 4 is 29.9 Å². The van der Waals surface area contributed by atoms with E-state index in [1.54, 1.807) is 13.1 Å². The van der Waals surface area contributed by atoms with Gasteiger partial charge in [-0.05, 0) is 31.7 Å². The molecule has 1 fully saturated rings. The van der Waals surface area contributed by atoms with Crippen molar-refractivity contribution in [2.24, 2.45) is 4.99 Å². The van der Waals surface area contributed by atoms with E-state index in [9.17, 15) is 4.39 Å². The predicted octanol–water partition coefficient (Wildman–Crippen LogP) is 1.74. The quantitative estimate of drug-likeness (QED) is 0.409. The second-order valence-corrected chi connectivity index (χ2v) is 6.12. The Morgan fingerprint density at radius 3 is 2.58 bits per heavy atom. The number of benzene rings is 1. The van der Waals surface area contributed by atoms with Gasteiger partial charge in [0.25, 0.3) is 0 Å². The Labute approximate surface area is 161 Å². The highest BCUT2D eigenvalue weighted by atomic mass is 127. The molecule has 0 aliphatic carbocycles. The molecule has 1 unspecified atom stereocenters. The molecule has 1 heterocycles. The molecule has 1 atom stereocenters. The lowest BCUT2D eigenvalue weighted by Gasteiger charge is -2.36. The third-order valence-electron chi connectivity index (χ3n) is 4.30. The van der Waals surface area contributed by atoms with Crippen LogP contribution in [-0.4, -0.2) is 68.6 Å². The summed E-state index contributed by atoms with van der Waals surface area (Å²) in [7, 11) is 3.92. The van der Waals surface area contributed by atoms with E-state index in [0.717, 1.165) is 44.2 Å². The number of likely N-dealkylation sites (N-methyl/N-ethyl adjacent to an activating group) is 1. The Hall–Kier alpha value is -0.930. The third-order valence-corrected chi connectivity index (χ3v) is 4.30. The molecule has 0 spiro atoms. The summed E-state index contributed by atoms with van der Waals surface area (Å²) in [4.78, 5) is 9.08. The van der Waals surface area contributed by atoms with Crippen molar-refractivity contribution in [3.8, 4) is 0 Å². The highest BCUT2D eigenvalue weighted by Crippen LogP contribution is 2.04. The van der Waals surface area contributed by atoms with Crippen LogP contribution in [0.1, 0.15) is 12.5 Å². The summed E-state index contributed by atoms with van der Waals surface area (Å²) < 4.78 is 13.2. The molecule has 0 saturated carbocycles. The minimum absolute atomic E-state index is 0. The van der Waals surface area contributed by atoms with Gasteiger partial charge in [0, 0.05) is 52.4 Å². The highest BCUT2D eigenvalue weighted by molar-refractivity contribution is 14.0. The van der Waals surface area contributed by atoms with E-state index in [4.69, 9.17) is 0 Å². The van der Waals surface area contributed by atoms with Crippen molar-refractivity contribution < 1.29 is 4.39 Å². The van der Waals surface area contributed by atoms with Crippen LogP contribution in [0.4, 0.5) is 4.39 Å². The van der Waals surface area contributed by atoms with E-state index in [-0.39, 0.29) is 29.8 Å². The SMILES string of the molecule is CN=C(NCc1cccc(F)c1)NCC(C)N1CCN(C)CC1.I. The largest absolute Gasteiger partial charge is 0.355 e. The lowest BCUT2D eigenvalue weighted by Crippen LogP contribution is -2.52. The van der Waals surface area contributed by atoms with Crippen molar-refractivity contribution in [3.63, 3.8) is 0 Å². The van der Waals surface area contributed by atoms with Gasteiger partial charge in [-0.2, -0.15) is 0 Å². The summed E-state index contributed by atoms with van der Waals surface area (Å²) in [5.41, 5.74) is 0.903. The van der Waals surface area contributed by atoms with Crippen LogP contribution in [-0.2, 0) is 6.54 Å². The zero-order valence-electron chi connectivity index (χ0n) is 14.8. The molecule has 0 amide bonds. The van der Waals surface area contributed by atoms with E-state index in [1.807, 2.05) is 6.07 Å². The number of aliphatic imine (C=N–C) groups is 1. The molecule has 5 nitrogen and oxygen atoms in total. The summed E-state index contributed by atoms with van der Waals surface area (Å²) in [6.45, 7) is 8.09. The molecular weight excluding hydrogens is 420 g/mol. The zero-order chi connectivity index (χ0) is 16.7. The lowest BCUT2D eigenvalue weighted by molar-refractivity contribution is 0.120. The van der Waals surface area contributed by atoms with E-state index < -0.39 is 0 Å². The van der Waals surface area contributed by atoms with Crippen LogP contribution in [0.5, 0.6) is 0 Å². The van der Waals surface area contributed by atoms with Crippen LogP contribution >= 0.6 is 24.0 Å². The van der Waals surface area contributed by atoms with E-state index >= 15 is 0 Å². The average Bonchev–Trinajstić information content (AvgIpc) is 2.55. The minimum Gasteiger partial charge on any atom is -0.355 e. The number of rotatable bonds is 5. The second kappa shape index (κ2) is 10.8. The van der Waals surface area contributed by atoms with Crippen LogP contribution < -0.4 is 10.6 Å². The second-order valence-electron chi connectivity index (χ2n) is 6.12.